The molecule has 1 aliphatic rings. The third-order valence-corrected chi connectivity index (χ3v) is 6.41. The molecule has 152 valence electrons. The Balaban J connectivity index is 1.64. The molecule has 0 atom stereocenters. The first-order valence-corrected chi connectivity index (χ1v) is 10.4. The van der Waals surface area contributed by atoms with Crippen LogP contribution in [0, 0.1) is 36.1 Å². The van der Waals surface area contributed by atoms with Gasteiger partial charge in [-0.05, 0) is 56.0 Å². The number of benzene rings is 2. The van der Waals surface area contributed by atoms with Crippen molar-refractivity contribution in [2.45, 2.75) is 32.6 Å². The lowest BCUT2D eigenvalue weighted by Crippen LogP contribution is -2.09. The normalized spacial score (nSPS) is 14.5. The monoisotopic (exact) mass is 420 g/mol. The Morgan fingerprint density at radius 3 is 2.03 bits per heavy atom. The minimum absolute atomic E-state index is 0.0988. The van der Waals surface area contributed by atoms with Gasteiger partial charge < -0.3 is 4.74 Å². The van der Waals surface area contributed by atoms with E-state index >= 15 is 0 Å². The van der Waals surface area contributed by atoms with Gasteiger partial charge in [-0.1, -0.05) is 18.9 Å². The number of ether oxygens (including phenoxy) is 1. The van der Waals surface area contributed by atoms with Gasteiger partial charge in [0.1, 0.15) is 0 Å². The van der Waals surface area contributed by atoms with Crippen LogP contribution in [-0.2, 0) is 0 Å². The van der Waals surface area contributed by atoms with Gasteiger partial charge in [0.25, 0.3) is 0 Å². The fraction of sp³-hybridized carbons (Fsp3) is 0.304. The third-order valence-electron chi connectivity index (χ3n) is 5.37. The zero-order valence-electron chi connectivity index (χ0n) is 15.9. The average molecular weight is 420 g/mol. The number of aryl methyl sites for hydroxylation is 1. The van der Waals surface area contributed by atoms with Crippen LogP contribution < -0.4 is 4.74 Å². The fourth-order valence-corrected chi connectivity index (χ4v) is 4.65. The summed E-state index contributed by atoms with van der Waals surface area (Å²) >= 11 is 1.33. The molecule has 0 bridgehead atoms. The van der Waals surface area contributed by atoms with E-state index in [9.17, 15) is 17.6 Å². The van der Waals surface area contributed by atoms with Crippen molar-refractivity contribution in [1.82, 2.24) is 0 Å². The molecular formula is C23H20F4OS. The topological polar surface area (TPSA) is 9.23 Å². The molecule has 29 heavy (non-hydrogen) atoms. The van der Waals surface area contributed by atoms with Crippen molar-refractivity contribution in [3.05, 3.63) is 64.5 Å². The molecule has 0 aliphatic heterocycles. The standard InChI is InChI=1S/C23H20F4OS/c1-13-6-11-19(29-13)17-8-7-15(20(24)22(17)26)16-9-10-18(23(27)21(16)25)28-12-14-4-2-3-5-14/h6-11,14H,2-5,12H2,1H3. The van der Waals surface area contributed by atoms with Gasteiger partial charge in [0.05, 0.1) is 6.61 Å². The maximum Gasteiger partial charge on any atom is 0.201 e. The number of thiophene rings is 1. The van der Waals surface area contributed by atoms with Crippen molar-refractivity contribution >= 4 is 11.3 Å². The third kappa shape index (κ3) is 3.90. The molecule has 0 saturated heterocycles. The molecule has 1 fully saturated rings. The molecular weight excluding hydrogens is 400 g/mol. The summed E-state index contributed by atoms with van der Waals surface area (Å²) in [6, 6.07) is 8.69. The lowest BCUT2D eigenvalue weighted by Gasteiger charge is -2.14. The van der Waals surface area contributed by atoms with Gasteiger partial charge in [0.15, 0.2) is 23.2 Å². The molecule has 0 radical (unpaired) electrons. The SMILES string of the molecule is Cc1ccc(-c2ccc(-c3ccc(OCC4CCCC4)c(F)c3F)c(F)c2F)s1. The minimum Gasteiger partial charge on any atom is -0.490 e. The van der Waals surface area contributed by atoms with Gasteiger partial charge in [0.2, 0.25) is 5.82 Å². The van der Waals surface area contributed by atoms with Crippen LogP contribution >= 0.6 is 11.3 Å². The van der Waals surface area contributed by atoms with Crippen LogP contribution in [-0.4, -0.2) is 6.61 Å². The van der Waals surface area contributed by atoms with E-state index < -0.39 is 23.3 Å². The number of rotatable bonds is 5. The van der Waals surface area contributed by atoms with E-state index in [0.29, 0.717) is 17.4 Å². The van der Waals surface area contributed by atoms with Crippen molar-refractivity contribution < 1.29 is 22.3 Å². The first kappa shape index (κ1) is 20.0. The summed E-state index contributed by atoms with van der Waals surface area (Å²) in [5.41, 5.74) is -0.555. The zero-order valence-corrected chi connectivity index (χ0v) is 16.7. The smallest absolute Gasteiger partial charge is 0.201 e. The van der Waals surface area contributed by atoms with Gasteiger partial charge in [-0.25, -0.2) is 13.2 Å². The van der Waals surface area contributed by atoms with Crippen LogP contribution in [0.5, 0.6) is 5.75 Å². The van der Waals surface area contributed by atoms with Crippen LogP contribution in [0.3, 0.4) is 0 Å². The molecule has 6 heteroatoms. The highest BCUT2D eigenvalue weighted by molar-refractivity contribution is 7.15. The van der Waals surface area contributed by atoms with E-state index in [1.807, 2.05) is 13.0 Å². The Bertz CT molecular complexity index is 1040. The van der Waals surface area contributed by atoms with Crippen LogP contribution in [0.15, 0.2) is 36.4 Å². The predicted octanol–water partition coefficient (Wildman–Crippen LogP) is 7.52. The summed E-state index contributed by atoms with van der Waals surface area (Å²) < 4.78 is 63.9. The molecule has 1 aromatic heterocycles. The molecule has 0 spiro atoms. The first-order valence-electron chi connectivity index (χ1n) is 9.61. The highest BCUT2D eigenvalue weighted by atomic mass is 32.1. The van der Waals surface area contributed by atoms with Crippen LogP contribution in [0.2, 0.25) is 0 Å². The molecule has 0 amide bonds. The largest absolute Gasteiger partial charge is 0.490 e. The van der Waals surface area contributed by atoms with Gasteiger partial charge in [-0.15, -0.1) is 11.3 Å². The van der Waals surface area contributed by atoms with E-state index in [4.69, 9.17) is 4.74 Å². The number of hydrogen-bond donors (Lipinski definition) is 0. The molecule has 1 aliphatic carbocycles. The van der Waals surface area contributed by atoms with Crippen LogP contribution in [0.1, 0.15) is 30.6 Å². The molecule has 4 rings (SSSR count). The molecule has 0 unspecified atom stereocenters. The second-order valence-electron chi connectivity index (χ2n) is 7.40. The Labute approximate surface area is 171 Å². The average Bonchev–Trinajstić information content (AvgIpc) is 3.37. The summed E-state index contributed by atoms with van der Waals surface area (Å²) in [6.07, 6.45) is 4.27. The highest BCUT2D eigenvalue weighted by Crippen LogP contribution is 2.37. The Morgan fingerprint density at radius 2 is 1.38 bits per heavy atom. The molecule has 1 nitrogen and oxygen atoms in total. The highest BCUT2D eigenvalue weighted by Gasteiger charge is 2.23. The van der Waals surface area contributed by atoms with Crippen molar-refractivity contribution in [3.8, 4) is 27.3 Å². The maximum atomic E-state index is 14.7. The van der Waals surface area contributed by atoms with Crippen molar-refractivity contribution in [2.24, 2.45) is 5.92 Å². The van der Waals surface area contributed by atoms with Crippen LogP contribution in [0.25, 0.3) is 21.6 Å². The molecule has 1 saturated carbocycles. The summed E-state index contributed by atoms with van der Waals surface area (Å²) in [6.45, 7) is 2.19. The Morgan fingerprint density at radius 1 is 0.793 bits per heavy atom. The zero-order chi connectivity index (χ0) is 20.5. The Hall–Kier alpha value is -2.34. The molecule has 2 aromatic carbocycles. The van der Waals surface area contributed by atoms with Crippen molar-refractivity contribution in [3.63, 3.8) is 0 Å². The second-order valence-corrected chi connectivity index (χ2v) is 8.69. The lowest BCUT2D eigenvalue weighted by molar-refractivity contribution is 0.239. The first-order chi connectivity index (χ1) is 14.0. The van der Waals surface area contributed by atoms with E-state index in [1.54, 1.807) is 6.07 Å². The van der Waals surface area contributed by atoms with E-state index in [2.05, 4.69) is 0 Å². The second kappa shape index (κ2) is 8.19. The van der Waals surface area contributed by atoms with Gasteiger partial charge >= 0.3 is 0 Å². The molecule has 3 aromatic rings. The van der Waals surface area contributed by atoms with E-state index in [-0.39, 0.29) is 22.4 Å². The van der Waals surface area contributed by atoms with E-state index in [1.165, 1.54) is 35.6 Å². The number of hydrogen-bond acceptors (Lipinski definition) is 2. The summed E-state index contributed by atoms with van der Waals surface area (Å²) in [5, 5.41) is 0. The number of halogens is 4. The molecule has 1 heterocycles. The summed E-state index contributed by atoms with van der Waals surface area (Å²) in [5.74, 6) is -4.57. The fourth-order valence-electron chi connectivity index (χ4n) is 3.76. The van der Waals surface area contributed by atoms with Crippen molar-refractivity contribution in [2.75, 3.05) is 6.61 Å². The quantitative estimate of drug-likeness (QED) is 0.388. The van der Waals surface area contributed by atoms with Crippen molar-refractivity contribution in [1.29, 1.82) is 0 Å². The van der Waals surface area contributed by atoms with Gasteiger partial charge in [0, 0.05) is 26.4 Å². The summed E-state index contributed by atoms with van der Waals surface area (Å²) in [7, 11) is 0. The molecule has 0 N–H and O–H groups in total. The van der Waals surface area contributed by atoms with Gasteiger partial charge in [-0.2, -0.15) is 4.39 Å². The predicted molar refractivity (Wildman–Crippen MR) is 107 cm³/mol. The maximum absolute atomic E-state index is 14.7. The van der Waals surface area contributed by atoms with E-state index in [0.717, 1.165) is 30.6 Å². The Kier molecular flexibility index (Phi) is 5.63. The minimum atomic E-state index is -1.24. The van der Waals surface area contributed by atoms with Gasteiger partial charge in [-0.3, -0.25) is 0 Å². The summed E-state index contributed by atoms with van der Waals surface area (Å²) in [4.78, 5) is 1.54. The van der Waals surface area contributed by atoms with Crippen LogP contribution in [0.4, 0.5) is 17.6 Å². The lowest BCUT2D eigenvalue weighted by atomic mass is 10.0.